The Morgan fingerprint density at radius 3 is 2.43 bits per heavy atom. The summed E-state index contributed by atoms with van der Waals surface area (Å²) in [5, 5.41) is 8.73. The largest absolute Gasteiger partial charge is 0.455 e. The Morgan fingerprint density at radius 1 is 1.19 bits per heavy atom. The van der Waals surface area contributed by atoms with E-state index in [1.807, 2.05) is 6.07 Å². The molecule has 0 aromatic heterocycles. The molecule has 0 aliphatic carbocycles. The molecule has 0 spiro atoms. The van der Waals surface area contributed by atoms with Crippen LogP contribution in [0.15, 0.2) is 47.4 Å². The fourth-order valence-electron chi connectivity index (χ4n) is 1.61. The minimum absolute atomic E-state index is 0.0582. The monoisotopic (exact) mass is 303 g/mol. The normalized spacial score (nSPS) is 10.9. The van der Waals surface area contributed by atoms with Gasteiger partial charge in [-0.15, -0.1) is 0 Å². The summed E-state index contributed by atoms with van der Waals surface area (Å²) >= 11 is 0. The van der Waals surface area contributed by atoms with E-state index in [2.05, 4.69) is 4.72 Å². The number of nitrogen functional groups attached to an aromatic ring is 1. The topological polar surface area (TPSA) is 105 Å². The van der Waals surface area contributed by atoms with Gasteiger partial charge in [0.15, 0.2) is 5.75 Å². The van der Waals surface area contributed by atoms with Gasteiger partial charge < -0.3 is 10.5 Å². The molecular formula is C14H13N3O3S. The standard InChI is InChI=1S/C14H13N3O3S/c1-17-21(18,19)12-6-7-13(16)14(8-12)20-11-4-2-10(9-15)3-5-11/h2-8,17H,16H2,1H3. The van der Waals surface area contributed by atoms with E-state index in [4.69, 9.17) is 15.7 Å². The van der Waals surface area contributed by atoms with Gasteiger partial charge in [0.2, 0.25) is 10.0 Å². The van der Waals surface area contributed by atoms with Gasteiger partial charge in [-0.3, -0.25) is 0 Å². The molecule has 2 aromatic rings. The lowest BCUT2D eigenvalue weighted by atomic mass is 10.2. The highest BCUT2D eigenvalue weighted by Crippen LogP contribution is 2.30. The van der Waals surface area contributed by atoms with Crippen LogP contribution in [0, 0.1) is 11.3 Å². The summed E-state index contributed by atoms with van der Waals surface area (Å²) in [6.07, 6.45) is 0. The van der Waals surface area contributed by atoms with E-state index >= 15 is 0 Å². The molecule has 0 unspecified atom stereocenters. The molecule has 6 nitrogen and oxygen atoms in total. The van der Waals surface area contributed by atoms with Gasteiger partial charge in [0, 0.05) is 6.07 Å². The number of anilines is 1. The summed E-state index contributed by atoms with van der Waals surface area (Å²) < 4.78 is 31.3. The lowest BCUT2D eigenvalue weighted by Gasteiger charge is -2.10. The molecule has 0 saturated carbocycles. The van der Waals surface area contributed by atoms with E-state index in [1.54, 1.807) is 24.3 Å². The minimum Gasteiger partial charge on any atom is -0.455 e. The van der Waals surface area contributed by atoms with E-state index in [0.717, 1.165) is 0 Å². The number of nitrogens with one attached hydrogen (secondary N) is 1. The molecule has 21 heavy (non-hydrogen) atoms. The van der Waals surface area contributed by atoms with E-state index in [1.165, 1.54) is 25.2 Å². The predicted molar refractivity (Wildman–Crippen MR) is 78.3 cm³/mol. The Balaban J connectivity index is 2.35. The van der Waals surface area contributed by atoms with Crippen molar-refractivity contribution in [3.8, 4) is 17.6 Å². The average molecular weight is 303 g/mol. The summed E-state index contributed by atoms with van der Waals surface area (Å²) in [5.74, 6) is 0.690. The van der Waals surface area contributed by atoms with Crippen LogP contribution in [0.2, 0.25) is 0 Å². The van der Waals surface area contributed by atoms with Crippen LogP contribution in [0.5, 0.6) is 11.5 Å². The van der Waals surface area contributed by atoms with Gasteiger partial charge in [0.05, 0.1) is 22.2 Å². The second-order valence-corrected chi connectivity index (χ2v) is 6.03. The molecule has 2 aromatic carbocycles. The zero-order valence-corrected chi connectivity index (χ0v) is 12.0. The number of nitrogens with zero attached hydrogens (tertiary/aromatic N) is 1. The molecule has 7 heteroatoms. The second-order valence-electron chi connectivity index (χ2n) is 4.15. The summed E-state index contributed by atoms with van der Waals surface area (Å²) in [7, 11) is -2.24. The smallest absolute Gasteiger partial charge is 0.240 e. The molecule has 0 atom stereocenters. The van der Waals surface area contributed by atoms with Crippen molar-refractivity contribution in [2.24, 2.45) is 0 Å². The van der Waals surface area contributed by atoms with Gasteiger partial charge in [-0.1, -0.05) is 0 Å². The maximum Gasteiger partial charge on any atom is 0.240 e. The quantitative estimate of drug-likeness (QED) is 0.838. The van der Waals surface area contributed by atoms with Crippen molar-refractivity contribution < 1.29 is 13.2 Å². The zero-order valence-electron chi connectivity index (χ0n) is 11.2. The third-order valence-corrected chi connectivity index (χ3v) is 4.19. The number of sulfonamides is 1. The number of rotatable bonds is 4. The van der Waals surface area contributed by atoms with Crippen molar-refractivity contribution in [3.05, 3.63) is 48.0 Å². The van der Waals surface area contributed by atoms with E-state index in [9.17, 15) is 8.42 Å². The first-order valence-electron chi connectivity index (χ1n) is 5.97. The van der Waals surface area contributed by atoms with Crippen LogP contribution in [0.3, 0.4) is 0 Å². The van der Waals surface area contributed by atoms with Crippen LogP contribution < -0.4 is 15.2 Å². The molecule has 0 heterocycles. The molecule has 2 rings (SSSR count). The lowest BCUT2D eigenvalue weighted by Crippen LogP contribution is -2.18. The van der Waals surface area contributed by atoms with Crippen molar-refractivity contribution in [3.63, 3.8) is 0 Å². The number of nitrogens with two attached hydrogens (primary N) is 1. The van der Waals surface area contributed by atoms with Crippen LogP contribution in [0.1, 0.15) is 5.56 Å². The van der Waals surface area contributed by atoms with Crippen molar-refractivity contribution in [2.75, 3.05) is 12.8 Å². The summed E-state index contributed by atoms with van der Waals surface area (Å²) in [4.78, 5) is 0.0582. The molecule has 0 fully saturated rings. The van der Waals surface area contributed by atoms with Crippen LogP contribution >= 0.6 is 0 Å². The van der Waals surface area contributed by atoms with E-state index < -0.39 is 10.0 Å². The van der Waals surface area contributed by atoms with Crippen LogP contribution in [-0.4, -0.2) is 15.5 Å². The molecule has 0 bridgehead atoms. The molecule has 0 saturated heterocycles. The second kappa shape index (κ2) is 5.83. The third-order valence-electron chi connectivity index (χ3n) is 2.78. The van der Waals surface area contributed by atoms with E-state index in [-0.39, 0.29) is 10.6 Å². The SMILES string of the molecule is CNS(=O)(=O)c1ccc(N)c(Oc2ccc(C#N)cc2)c1. The Kier molecular flexibility index (Phi) is 4.12. The first kappa shape index (κ1) is 14.8. The van der Waals surface area contributed by atoms with Crippen LogP contribution in [0.4, 0.5) is 5.69 Å². The molecule has 3 N–H and O–H groups in total. The van der Waals surface area contributed by atoms with Gasteiger partial charge in [0.25, 0.3) is 0 Å². The number of nitriles is 1. The van der Waals surface area contributed by atoms with E-state index in [0.29, 0.717) is 17.0 Å². The number of benzene rings is 2. The highest BCUT2D eigenvalue weighted by molar-refractivity contribution is 7.89. The summed E-state index contributed by atoms with van der Waals surface area (Å²) in [5.41, 5.74) is 6.60. The Labute approximate surface area is 122 Å². The van der Waals surface area contributed by atoms with Crippen LogP contribution in [-0.2, 0) is 10.0 Å². The molecule has 108 valence electrons. The van der Waals surface area contributed by atoms with Gasteiger partial charge in [-0.25, -0.2) is 13.1 Å². The molecular weight excluding hydrogens is 290 g/mol. The Hall–Kier alpha value is -2.56. The first-order chi connectivity index (χ1) is 9.96. The lowest BCUT2D eigenvalue weighted by molar-refractivity contribution is 0.483. The van der Waals surface area contributed by atoms with Crippen molar-refractivity contribution in [1.82, 2.24) is 4.72 Å². The predicted octanol–water partition coefficient (Wildman–Crippen LogP) is 1.84. The van der Waals surface area contributed by atoms with Gasteiger partial charge >= 0.3 is 0 Å². The number of hydrogen-bond donors (Lipinski definition) is 2. The summed E-state index contributed by atoms with van der Waals surface area (Å²) in [6, 6.07) is 12.6. The highest BCUT2D eigenvalue weighted by atomic mass is 32.2. The highest BCUT2D eigenvalue weighted by Gasteiger charge is 2.14. The van der Waals surface area contributed by atoms with Crippen molar-refractivity contribution >= 4 is 15.7 Å². The first-order valence-corrected chi connectivity index (χ1v) is 7.45. The Bertz CT molecular complexity index is 793. The van der Waals surface area contributed by atoms with Gasteiger partial charge in [0.1, 0.15) is 5.75 Å². The fourth-order valence-corrected chi connectivity index (χ4v) is 2.36. The average Bonchev–Trinajstić information content (AvgIpc) is 2.50. The van der Waals surface area contributed by atoms with Gasteiger partial charge in [-0.05, 0) is 43.4 Å². The third kappa shape index (κ3) is 3.31. The molecule has 0 radical (unpaired) electrons. The van der Waals surface area contributed by atoms with Crippen LogP contribution in [0.25, 0.3) is 0 Å². The maximum atomic E-state index is 11.8. The molecule has 0 aliphatic rings. The fraction of sp³-hybridized carbons (Fsp3) is 0.0714. The zero-order chi connectivity index (χ0) is 15.5. The minimum atomic E-state index is -3.57. The number of ether oxygens (including phenoxy) is 1. The molecule has 0 amide bonds. The Morgan fingerprint density at radius 2 is 1.86 bits per heavy atom. The number of hydrogen-bond acceptors (Lipinski definition) is 5. The van der Waals surface area contributed by atoms with Gasteiger partial charge in [-0.2, -0.15) is 5.26 Å². The summed E-state index contributed by atoms with van der Waals surface area (Å²) in [6.45, 7) is 0. The maximum absolute atomic E-state index is 11.8. The van der Waals surface area contributed by atoms with Crippen molar-refractivity contribution in [1.29, 1.82) is 5.26 Å². The molecule has 0 aliphatic heterocycles. The van der Waals surface area contributed by atoms with Crippen molar-refractivity contribution in [2.45, 2.75) is 4.90 Å².